The van der Waals surface area contributed by atoms with Gasteiger partial charge in [0.15, 0.2) is 0 Å². The van der Waals surface area contributed by atoms with E-state index in [0.29, 0.717) is 13.1 Å². The second-order valence-corrected chi connectivity index (χ2v) is 6.24. The summed E-state index contributed by atoms with van der Waals surface area (Å²) in [6, 6.07) is 0. The van der Waals surface area contributed by atoms with Gasteiger partial charge in [-0.15, -0.1) is 0 Å². The fourth-order valence-corrected chi connectivity index (χ4v) is 3.34. The van der Waals surface area contributed by atoms with Gasteiger partial charge in [0, 0.05) is 38.0 Å². The summed E-state index contributed by atoms with van der Waals surface area (Å²) in [7, 11) is -3.47. The molecule has 7 nitrogen and oxygen atoms in total. The van der Waals surface area contributed by atoms with Gasteiger partial charge in [0.05, 0.1) is 6.20 Å². The van der Waals surface area contributed by atoms with Crippen LogP contribution in [0.3, 0.4) is 0 Å². The summed E-state index contributed by atoms with van der Waals surface area (Å²) in [5.41, 5.74) is 0.786. The highest BCUT2D eigenvalue weighted by Crippen LogP contribution is 2.18. The van der Waals surface area contributed by atoms with E-state index >= 15 is 0 Å². The summed E-state index contributed by atoms with van der Waals surface area (Å²) in [5.74, 6) is 0.0456. The van der Waals surface area contributed by atoms with Crippen LogP contribution in [-0.4, -0.2) is 47.7 Å². The van der Waals surface area contributed by atoms with Gasteiger partial charge in [0.1, 0.15) is 0 Å². The van der Waals surface area contributed by atoms with Crippen molar-refractivity contribution in [3.63, 3.8) is 0 Å². The molecule has 8 heteroatoms. The first-order valence-electron chi connectivity index (χ1n) is 5.95. The van der Waals surface area contributed by atoms with E-state index < -0.39 is 10.2 Å². The van der Waals surface area contributed by atoms with E-state index in [1.165, 1.54) is 4.31 Å². The lowest BCUT2D eigenvalue weighted by molar-refractivity contribution is 0.164. The zero-order valence-corrected chi connectivity index (χ0v) is 10.9. The van der Waals surface area contributed by atoms with Crippen LogP contribution < -0.4 is 4.72 Å². The van der Waals surface area contributed by atoms with Crippen molar-refractivity contribution in [3.05, 3.63) is 18.0 Å². The minimum Gasteiger partial charge on any atom is -0.396 e. The van der Waals surface area contributed by atoms with Crippen LogP contribution in [0.5, 0.6) is 0 Å². The number of aromatic amines is 1. The Bertz CT molecular complexity index is 459. The molecule has 3 N–H and O–H groups in total. The van der Waals surface area contributed by atoms with Crippen molar-refractivity contribution >= 4 is 10.2 Å². The Hall–Kier alpha value is -0.960. The molecule has 0 aliphatic carbocycles. The molecule has 2 heterocycles. The molecule has 102 valence electrons. The monoisotopic (exact) mass is 274 g/mol. The van der Waals surface area contributed by atoms with Gasteiger partial charge in [-0.2, -0.15) is 22.5 Å². The number of nitrogens with one attached hydrogen (secondary N) is 2. The molecule has 1 aliphatic rings. The van der Waals surface area contributed by atoms with E-state index in [9.17, 15) is 8.42 Å². The molecule has 1 aromatic heterocycles. The van der Waals surface area contributed by atoms with Crippen molar-refractivity contribution < 1.29 is 13.5 Å². The van der Waals surface area contributed by atoms with Crippen molar-refractivity contribution in [1.29, 1.82) is 0 Å². The molecule has 0 radical (unpaired) electrons. The minimum absolute atomic E-state index is 0.0355. The quantitative estimate of drug-likeness (QED) is 0.671. The number of aliphatic hydroxyl groups is 1. The molecule has 1 atom stereocenters. The number of aromatic nitrogens is 2. The van der Waals surface area contributed by atoms with Gasteiger partial charge in [0.2, 0.25) is 0 Å². The highest BCUT2D eigenvalue weighted by Gasteiger charge is 2.28. The molecule has 2 rings (SSSR count). The topological polar surface area (TPSA) is 98.3 Å². The highest BCUT2D eigenvalue weighted by atomic mass is 32.2. The first-order valence-corrected chi connectivity index (χ1v) is 7.39. The average molecular weight is 274 g/mol. The summed E-state index contributed by atoms with van der Waals surface area (Å²) < 4.78 is 28.0. The van der Waals surface area contributed by atoms with Crippen LogP contribution in [0.4, 0.5) is 0 Å². The molecule has 18 heavy (non-hydrogen) atoms. The van der Waals surface area contributed by atoms with Crippen LogP contribution in [0.25, 0.3) is 0 Å². The first kappa shape index (κ1) is 13.5. The highest BCUT2D eigenvalue weighted by molar-refractivity contribution is 7.87. The number of hydrogen-bond donors (Lipinski definition) is 3. The largest absolute Gasteiger partial charge is 0.396 e. The number of hydrogen-bond acceptors (Lipinski definition) is 4. The molecule has 1 fully saturated rings. The molecule has 1 aliphatic heterocycles. The number of nitrogens with zero attached hydrogens (tertiary/aromatic N) is 2. The Morgan fingerprint density at radius 1 is 1.61 bits per heavy atom. The predicted molar refractivity (Wildman–Crippen MR) is 65.7 cm³/mol. The fraction of sp³-hybridized carbons (Fsp3) is 0.700. The molecule has 0 spiro atoms. The van der Waals surface area contributed by atoms with Crippen molar-refractivity contribution in [2.45, 2.75) is 19.4 Å². The van der Waals surface area contributed by atoms with E-state index in [0.717, 1.165) is 18.4 Å². The molecule has 1 aromatic rings. The molecule has 0 saturated carbocycles. The van der Waals surface area contributed by atoms with Crippen LogP contribution in [-0.2, 0) is 16.8 Å². The average Bonchev–Trinajstić information content (AvgIpc) is 2.90. The maximum absolute atomic E-state index is 12.0. The molecular weight excluding hydrogens is 256 g/mol. The van der Waals surface area contributed by atoms with Crippen LogP contribution in [0.15, 0.2) is 12.4 Å². The molecule has 0 bridgehead atoms. The summed E-state index contributed by atoms with van der Waals surface area (Å²) in [5, 5.41) is 15.5. The Morgan fingerprint density at radius 2 is 2.44 bits per heavy atom. The van der Waals surface area contributed by atoms with Gasteiger partial charge in [-0.25, -0.2) is 0 Å². The molecule has 0 aromatic carbocycles. The van der Waals surface area contributed by atoms with Crippen molar-refractivity contribution in [2.75, 3.05) is 19.7 Å². The van der Waals surface area contributed by atoms with E-state index in [-0.39, 0.29) is 19.1 Å². The van der Waals surface area contributed by atoms with Gasteiger partial charge in [-0.1, -0.05) is 0 Å². The summed E-state index contributed by atoms with van der Waals surface area (Å²) in [4.78, 5) is 0. The summed E-state index contributed by atoms with van der Waals surface area (Å²) in [6.07, 6.45) is 4.90. The SMILES string of the molecule is O=S(=O)(NCc1cn[nH]c1)N1CCCC(CO)C1. The lowest BCUT2D eigenvalue weighted by Crippen LogP contribution is -2.46. The van der Waals surface area contributed by atoms with Crippen LogP contribution in [0.2, 0.25) is 0 Å². The standard InChI is InChI=1S/C10H18N4O3S/c15-8-9-2-1-3-14(7-9)18(16,17)13-6-10-4-11-12-5-10/h4-5,9,13,15H,1-3,6-8H2,(H,11,12). The van der Waals surface area contributed by atoms with E-state index in [2.05, 4.69) is 14.9 Å². The van der Waals surface area contributed by atoms with Gasteiger partial charge in [-0.3, -0.25) is 5.10 Å². The van der Waals surface area contributed by atoms with Crippen LogP contribution >= 0.6 is 0 Å². The van der Waals surface area contributed by atoms with Gasteiger partial charge in [0.25, 0.3) is 10.2 Å². The normalized spacial score (nSPS) is 22.2. The maximum atomic E-state index is 12.0. The van der Waals surface area contributed by atoms with E-state index in [1.807, 2.05) is 0 Å². The maximum Gasteiger partial charge on any atom is 0.279 e. The van der Waals surface area contributed by atoms with Gasteiger partial charge >= 0.3 is 0 Å². The number of aliphatic hydroxyl groups excluding tert-OH is 1. The Morgan fingerprint density at radius 3 is 3.11 bits per heavy atom. The second-order valence-electron chi connectivity index (χ2n) is 4.48. The Labute approximate surface area is 106 Å². The minimum atomic E-state index is -3.47. The Kier molecular flexibility index (Phi) is 4.33. The van der Waals surface area contributed by atoms with Gasteiger partial charge in [-0.05, 0) is 18.8 Å². The zero-order chi connectivity index (χ0) is 13.0. The third-order valence-corrected chi connectivity index (χ3v) is 4.61. The molecular formula is C10H18N4O3S. The fourth-order valence-electron chi connectivity index (χ4n) is 2.03. The molecule has 1 saturated heterocycles. The van der Waals surface area contributed by atoms with Crippen molar-refractivity contribution in [2.24, 2.45) is 5.92 Å². The Balaban J connectivity index is 1.93. The van der Waals surface area contributed by atoms with Crippen LogP contribution in [0, 0.1) is 5.92 Å². The summed E-state index contributed by atoms with van der Waals surface area (Å²) in [6.45, 7) is 1.15. The number of piperidine rings is 1. The first-order chi connectivity index (χ1) is 8.62. The number of rotatable bonds is 5. The van der Waals surface area contributed by atoms with Crippen LogP contribution in [0.1, 0.15) is 18.4 Å². The van der Waals surface area contributed by atoms with Crippen molar-refractivity contribution in [3.8, 4) is 0 Å². The van der Waals surface area contributed by atoms with E-state index in [1.54, 1.807) is 12.4 Å². The lowest BCUT2D eigenvalue weighted by atomic mass is 10.0. The molecule has 0 amide bonds. The molecule has 1 unspecified atom stereocenters. The predicted octanol–water partition coefficient (Wildman–Crippen LogP) is -0.552. The van der Waals surface area contributed by atoms with Gasteiger partial charge < -0.3 is 5.11 Å². The van der Waals surface area contributed by atoms with E-state index in [4.69, 9.17) is 5.11 Å². The van der Waals surface area contributed by atoms with Crippen molar-refractivity contribution in [1.82, 2.24) is 19.2 Å². The smallest absolute Gasteiger partial charge is 0.279 e. The summed E-state index contributed by atoms with van der Waals surface area (Å²) >= 11 is 0. The second kappa shape index (κ2) is 5.79. The third kappa shape index (κ3) is 3.29. The third-order valence-electron chi connectivity index (χ3n) is 3.09. The zero-order valence-electron chi connectivity index (χ0n) is 10.0. The number of H-pyrrole nitrogens is 1. The lowest BCUT2D eigenvalue weighted by Gasteiger charge is -2.30.